The average molecular weight is 409 g/mol. The number of hydrogen-bond donors (Lipinski definition) is 3. The van der Waals surface area contributed by atoms with Crippen LogP contribution >= 0.6 is 0 Å². The molecule has 0 atom stereocenters. The van der Waals surface area contributed by atoms with E-state index in [0.29, 0.717) is 23.4 Å². The van der Waals surface area contributed by atoms with Gasteiger partial charge >= 0.3 is 0 Å². The van der Waals surface area contributed by atoms with Crippen LogP contribution in [-0.2, 0) is 0 Å². The van der Waals surface area contributed by atoms with Crippen LogP contribution in [0.2, 0.25) is 0 Å². The fourth-order valence-electron chi connectivity index (χ4n) is 3.08. The first-order valence-corrected chi connectivity index (χ1v) is 9.95. The van der Waals surface area contributed by atoms with Gasteiger partial charge in [-0.3, -0.25) is 4.79 Å². The number of unbranched alkanes of at least 4 members (excludes halogenated alkanes) is 2. The molecule has 5 N–H and O–H groups in total. The highest BCUT2D eigenvalue weighted by molar-refractivity contribution is 5.86. The zero-order valence-electron chi connectivity index (χ0n) is 17.0. The van der Waals surface area contributed by atoms with Gasteiger partial charge in [-0.25, -0.2) is 5.84 Å². The second-order valence-electron chi connectivity index (χ2n) is 7.07. The summed E-state index contributed by atoms with van der Waals surface area (Å²) in [6.45, 7) is 2.79. The van der Waals surface area contributed by atoms with Crippen molar-refractivity contribution >= 4 is 11.0 Å². The Morgan fingerprint density at radius 1 is 1.20 bits per heavy atom. The van der Waals surface area contributed by atoms with Crippen LogP contribution in [0.1, 0.15) is 26.2 Å². The summed E-state index contributed by atoms with van der Waals surface area (Å²) in [5.41, 5.74) is 7.08. The SMILES string of the molecule is CCCCCN(N)/C=C(\N)COc1c(O)ccc2c(=O)cc(-c3ccccc3)oc12. The van der Waals surface area contributed by atoms with Crippen LogP contribution < -0.4 is 21.7 Å². The van der Waals surface area contributed by atoms with E-state index in [1.807, 2.05) is 30.3 Å². The van der Waals surface area contributed by atoms with Gasteiger partial charge in [0.1, 0.15) is 12.4 Å². The Labute approximate surface area is 175 Å². The minimum Gasteiger partial charge on any atom is -0.504 e. The van der Waals surface area contributed by atoms with Crippen molar-refractivity contribution in [3.63, 3.8) is 0 Å². The van der Waals surface area contributed by atoms with E-state index in [1.54, 1.807) is 6.20 Å². The van der Waals surface area contributed by atoms with Gasteiger partial charge in [0.05, 0.1) is 11.1 Å². The number of nitrogens with two attached hydrogens (primary N) is 2. The molecule has 0 radical (unpaired) electrons. The molecule has 0 saturated carbocycles. The number of nitrogens with zero attached hydrogens (tertiary/aromatic N) is 1. The quantitative estimate of drug-likeness (QED) is 0.280. The van der Waals surface area contributed by atoms with Crippen LogP contribution in [0, 0.1) is 0 Å². The Balaban J connectivity index is 1.87. The maximum atomic E-state index is 12.6. The van der Waals surface area contributed by atoms with Gasteiger partial charge < -0.3 is 25.0 Å². The molecule has 0 aliphatic carbocycles. The van der Waals surface area contributed by atoms with E-state index in [1.165, 1.54) is 23.2 Å². The van der Waals surface area contributed by atoms with Crippen LogP contribution in [0.15, 0.2) is 69.6 Å². The van der Waals surface area contributed by atoms with Crippen molar-refractivity contribution in [2.24, 2.45) is 11.6 Å². The summed E-state index contributed by atoms with van der Waals surface area (Å²) < 4.78 is 11.7. The summed E-state index contributed by atoms with van der Waals surface area (Å²) in [5.74, 6) is 6.23. The highest BCUT2D eigenvalue weighted by Crippen LogP contribution is 2.35. The predicted octanol–water partition coefficient (Wildman–Crippen LogP) is 3.71. The van der Waals surface area contributed by atoms with E-state index in [-0.39, 0.29) is 29.1 Å². The molecule has 0 saturated heterocycles. The van der Waals surface area contributed by atoms with Gasteiger partial charge in [-0.05, 0) is 18.6 Å². The fourth-order valence-corrected chi connectivity index (χ4v) is 3.08. The van der Waals surface area contributed by atoms with E-state index in [4.69, 9.17) is 20.7 Å². The number of aromatic hydroxyl groups is 1. The zero-order valence-corrected chi connectivity index (χ0v) is 17.0. The average Bonchev–Trinajstić information content (AvgIpc) is 2.73. The molecular formula is C23H27N3O4. The first kappa shape index (κ1) is 21.3. The number of ether oxygens (including phenoxy) is 1. The van der Waals surface area contributed by atoms with Gasteiger partial charge in [0.15, 0.2) is 16.8 Å². The van der Waals surface area contributed by atoms with Crippen LogP contribution in [0.25, 0.3) is 22.3 Å². The molecule has 0 aliphatic heterocycles. The van der Waals surface area contributed by atoms with Crippen molar-refractivity contribution < 1.29 is 14.3 Å². The molecule has 7 nitrogen and oxygen atoms in total. The Kier molecular flexibility index (Phi) is 6.98. The highest BCUT2D eigenvalue weighted by atomic mass is 16.5. The zero-order chi connectivity index (χ0) is 21.5. The number of rotatable bonds is 9. The molecule has 2 aromatic carbocycles. The van der Waals surface area contributed by atoms with Crippen molar-refractivity contribution in [2.75, 3.05) is 13.2 Å². The second-order valence-corrected chi connectivity index (χ2v) is 7.07. The standard InChI is InChI=1S/C23H27N3O4/c1-2-3-7-12-26(25)14-17(24)15-29-23-19(27)11-10-18-20(28)13-21(30-22(18)23)16-8-5-4-6-9-16/h4-6,8-11,13-14,27H,2-3,7,12,15,24-25H2,1H3/b17-14-. The number of phenols is 1. The summed E-state index contributed by atoms with van der Waals surface area (Å²) in [7, 11) is 0. The van der Waals surface area contributed by atoms with Crippen LogP contribution in [0.5, 0.6) is 11.5 Å². The molecule has 0 spiro atoms. The number of fused-ring (bicyclic) bond motifs is 1. The van der Waals surface area contributed by atoms with Crippen molar-refractivity contribution in [3.8, 4) is 22.8 Å². The second kappa shape index (κ2) is 9.84. The van der Waals surface area contributed by atoms with E-state index in [2.05, 4.69) is 6.92 Å². The summed E-state index contributed by atoms with van der Waals surface area (Å²) in [4.78, 5) is 12.6. The predicted molar refractivity (Wildman–Crippen MR) is 118 cm³/mol. The molecule has 158 valence electrons. The lowest BCUT2D eigenvalue weighted by molar-refractivity contribution is 0.316. The largest absolute Gasteiger partial charge is 0.504 e. The smallest absolute Gasteiger partial charge is 0.205 e. The number of benzene rings is 2. The monoisotopic (exact) mass is 409 g/mol. The van der Waals surface area contributed by atoms with Gasteiger partial charge in [0.2, 0.25) is 5.75 Å². The first-order chi connectivity index (χ1) is 14.5. The Hall–Kier alpha value is -3.45. The number of hydrogen-bond acceptors (Lipinski definition) is 7. The van der Waals surface area contributed by atoms with Gasteiger partial charge in [-0.2, -0.15) is 0 Å². The van der Waals surface area contributed by atoms with Crippen molar-refractivity contribution in [1.82, 2.24) is 5.01 Å². The van der Waals surface area contributed by atoms with Gasteiger partial charge in [0.25, 0.3) is 0 Å². The maximum absolute atomic E-state index is 12.6. The van der Waals surface area contributed by atoms with Crippen molar-refractivity contribution in [3.05, 3.63) is 70.7 Å². The Morgan fingerprint density at radius 3 is 2.70 bits per heavy atom. The third kappa shape index (κ3) is 5.12. The number of phenolic OH excluding ortho intramolecular Hbond substituents is 1. The lowest BCUT2D eigenvalue weighted by Crippen LogP contribution is -2.28. The molecule has 7 heteroatoms. The summed E-state index contributed by atoms with van der Waals surface area (Å²) >= 11 is 0. The molecule has 0 amide bonds. The van der Waals surface area contributed by atoms with Crippen LogP contribution in [0.3, 0.4) is 0 Å². The Morgan fingerprint density at radius 2 is 1.97 bits per heavy atom. The van der Waals surface area contributed by atoms with Crippen molar-refractivity contribution in [2.45, 2.75) is 26.2 Å². The minimum atomic E-state index is -0.229. The molecule has 0 aliphatic rings. The molecule has 0 fully saturated rings. The fraction of sp³-hybridized carbons (Fsp3) is 0.261. The molecule has 3 aromatic rings. The minimum absolute atomic E-state index is 0.0204. The van der Waals surface area contributed by atoms with Crippen molar-refractivity contribution in [1.29, 1.82) is 0 Å². The van der Waals surface area contributed by atoms with Gasteiger partial charge in [-0.15, -0.1) is 0 Å². The first-order valence-electron chi connectivity index (χ1n) is 9.95. The molecule has 30 heavy (non-hydrogen) atoms. The Bertz CT molecular complexity index is 1080. The molecule has 0 unspecified atom stereocenters. The van der Waals surface area contributed by atoms with Gasteiger partial charge in [-0.1, -0.05) is 50.1 Å². The maximum Gasteiger partial charge on any atom is 0.205 e. The lowest BCUT2D eigenvalue weighted by atomic mass is 10.1. The van der Waals surface area contributed by atoms with E-state index in [9.17, 15) is 9.90 Å². The summed E-state index contributed by atoms with van der Waals surface area (Å²) in [6.07, 6.45) is 4.76. The highest BCUT2D eigenvalue weighted by Gasteiger charge is 2.16. The third-order valence-corrected chi connectivity index (χ3v) is 4.62. The van der Waals surface area contributed by atoms with Crippen LogP contribution in [-0.4, -0.2) is 23.3 Å². The molecule has 3 rings (SSSR count). The summed E-state index contributed by atoms with van der Waals surface area (Å²) in [6, 6.07) is 13.6. The molecule has 0 bridgehead atoms. The molecular weight excluding hydrogens is 382 g/mol. The number of hydrazine groups is 1. The molecule has 1 aromatic heterocycles. The topological polar surface area (TPSA) is 115 Å². The third-order valence-electron chi connectivity index (χ3n) is 4.62. The van der Waals surface area contributed by atoms with E-state index >= 15 is 0 Å². The molecule has 1 heterocycles. The van der Waals surface area contributed by atoms with E-state index in [0.717, 1.165) is 24.8 Å². The van der Waals surface area contributed by atoms with Gasteiger partial charge in [0, 0.05) is 24.4 Å². The van der Waals surface area contributed by atoms with E-state index < -0.39 is 0 Å². The van der Waals surface area contributed by atoms with Crippen LogP contribution in [0.4, 0.5) is 0 Å². The summed E-state index contributed by atoms with van der Waals surface area (Å²) in [5, 5.41) is 12.1. The normalized spacial score (nSPS) is 11.6. The lowest BCUT2D eigenvalue weighted by Gasteiger charge is -2.15.